The Kier molecular flexibility index (Phi) is 5.30. The van der Waals surface area contributed by atoms with Crippen LogP contribution in [0.25, 0.3) is 20.5 Å². The van der Waals surface area contributed by atoms with Gasteiger partial charge in [0.2, 0.25) is 0 Å². The molecule has 0 radical (unpaired) electrons. The molecule has 3 rings (SSSR count). The predicted molar refractivity (Wildman–Crippen MR) is 99.8 cm³/mol. The van der Waals surface area contributed by atoms with Crippen LogP contribution in [0.2, 0.25) is 0 Å². The summed E-state index contributed by atoms with van der Waals surface area (Å²) >= 11 is 1.32. The van der Waals surface area contributed by atoms with Gasteiger partial charge in [0.05, 0.1) is 4.70 Å². The van der Waals surface area contributed by atoms with E-state index in [1.54, 1.807) is 13.0 Å². The van der Waals surface area contributed by atoms with Crippen molar-refractivity contribution in [1.82, 2.24) is 0 Å². The molecule has 3 heteroatoms. The minimum atomic E-state index is -0.738. The van der Waals surface area contributed by atoms with Gasteiger partial charge in [-0.15, -0.1) is 11.3 Å². The van der Waals surface area contributed by atoms with Crippen LogP contribution in [0.15, 0.2) is 36.4 Å². The predicted octanol–water partition coefficient (Wildman–Crippen LogP) is 7.28. The highest BCUT2D eigenvalue weighted by Gasteiger charge is 2.14. The van der Waals surface area contributed by atoms with E-state index in [4.69, 9.17) is 0 Å². The normalized spacial score (nSPS) is 11.3. The Hall–Kier alpha value is -1.74. The van der Waals surface area contributed by atoms with E-state index in [0.717, 1.165) is 22.2 Å². The SMILES string of the molecule is CCCCCCc1ccc(-c2cc3cc(C)c(F)c(F)c3s2)cc1. The highest BCUT2D eigenvalue weighted by Crippen LogP contribution is 2.36. The van der Waals surface area contributed by atoms with Crippen LogP contribution in [0.5, 0.6) is 0 Å². The van der Waals surface area contributed by atoms with Gasteiger partial charge in [-0.3, -0.25) is 0 Å². The third-order valence-electron chi connectivity index (χ3n) is 4.43. The first-order chi connectivity index (χ1) is 11.6. The summed E-state index contributed by atoms with van der Waals surface area (Å²) in [6.45, 7) is 3.82. The van der Waals surface area contributed by atoms with Gasteiger partial charge in [0.1, 0.15) is 0 Å². The van der Waals surface area contributed by atoms with Crippen molar-refractivity contribution >= 4 is 21.4 Å². The zero-order valence-electron chi connectivity index (χ0n) is 14.2. The van der Waals surface area contributed by atoms with Gasteiger partial charge in [0.25, 0.3) is 0 Å². The largest absolute Gasteiger partial charge is 0.203 e. The lowest BCUT2D eigenvalue weighted by Gasteiger charge is -2.03. The van der Waals surface area contributed by atoms with Gasteiger partial charge in [-0.2, -0.15) is 0 Å². The Labute approximate surface area is 146 Å². The van der Waals surface area contributed by atoms with E-state index >= 15 is 0 Å². The van der Waals surface area contributed by atoms with E-state index in [9.17, 15) is 8.78 Å². The average molecular weight is 344 g/mol. The van der Waals surface area contributed by atoms with Crippen LogP contribution in [-0.4, -0.2) is 0 Å². The topological polar surface area (TPSA) is 0 Å². The molecule has 0 amide bonds. The van der Waals surface area contributed by atoms with Crippen LogP contribution < -0.4 is 0 Å². The highest BCUT2D eigenvalue weighted by molar-refractivity contribution is 7.22. The quantitative estimate of drug-likeness (QED) is 0.412. The number of thiophene rings is 1. The Morgan fingerprint density at radius 3 is 2.38 bits per heavy atom. The van der Waals surface area contributed by atoms with Gasteiger partial charge >= 0.3 is 0 Å². The number of fused-ring (bicyclic) bond motifs is 1. The molecule has 0 aliphatic heterocycles. The maximum Gasteiger partial charge on any atom is 0.176 e. The summed E-state index contributed by atoms with van der Waals surface area (Å²) in [4.78, 5) is 0.978. The molecule has 1 heterocycles. The molecule has 2 aromatic carbocycles. The molecule has 0 aliphatic rings. The summed E-state index contributed by atoms with van der Waals surface area (Å²) in [5.74, 6) is -1.47. The van der Waals surface area contributed by atoms with Gasteiger partial charge in [-0.25, -0.2) is 8.78 Å². The highest BCUT2D eigenvalue weighted by atomic mass is 32.1. The third-order valence-corrected chi connectivity index (χ3v) is 5.62. The summed E-state index contributed by atoms with van der Waals surface area (Å²) in [5.41, 5.74) is 2.75. The van der Waals surface area contributed by atoms with Crippen molar-refractivity contribution in [2.75, 3.05) is 0 Å². The maximum absolute atomic E-state index is 14.1. The summed E-state index contributed by atoms with van der Waals surface area (Å²) in [6.07, 6.45) is 6.15. The van der Waals surface area contributed by atoms with Crippen LogP contribution in [-0.2, 0) is 6.42 Å². The zero-order chi connectivity index (χ0) is 17.1. The summed E-state index contributed by atoms with van der Waals surface area (Å²) in [6, 6.07) is 12.1. The molecule has 126 valence electrons. The molecule has 0 bridgehead atoms. The molecule has 0 nitrogen and oxygen atoms in total. The number of halogens is 2. The van der Waals surface area contributed by atoms with Gasteiger partial charge < -0.3 is 0 Å². The molecule has 0 spiro atoms. The maximum atomic E-state index is 14.1. The molecular weight excluding hydrogens is 322 g/mol. The lowest BCUT2D eigenvalue weighted by Crippen LogP contribution is -1.87. The van der Waals surface area contributed by atoms with Crippen LogP contribution in [0.4, 0.5) is 8.78 Å². The van der Waals surface area contributed by atoms with E-state index in [1.165, 1.54) is 42.6 Å². The number of hydrogen-bond donors (Lipinski definition) is 0. The van der Waals surface area contributed by atoms with Crippen LogP contribution in [0.1, 0.15) is 43.7 Å². The van der Waals surface area contributed by atoms with Crippen LogP contribution >= 0.6 is 11.3 Å². The van der Waals surface area contributed by atoms with Crippen LogP contribution in [0, 0.1) is 18.6 Å². The molecule has 0 saturated heterocycles. The van der Waals surface area contributed by atoms with Gasteiger partial charge in [-0.1, -0.05) is 50.5 Å². The van der Waals surface area contributed by atoms with Crippen molar-refractivity contribution in [3.63, 3.8) is 0 Å². The Bertz CT molecular complexity index is 831. The average Bonchev–Trinajstić information content (AvgIpc) is 3.01. The Morgan fingerprint density at radius 1 is 0.917 bits per heavy atom. The molecule has 0 aliphatic carbocycles. The minimum absolute atomic E-state index is 0.353. The molecular formula is C21H22F2S. The van der Waals surface area contributed by atoms with E-state index < -0.39 is 11.6 Å². The zero-order valence-corrected chi connectivity index (χ0v) is 15.0. The first-order valence-electron chi connectivity index (χ1n) is 8.57. The Balaban J connectivity index is 1.81. The number of unbranched alkanes of at least 4 members (excludes halogenated alkanes) is 3. The molecule has 0 saturated carbocycles. The first-order valence-corrected chi connectivity index (χ1v) is 9.39. The monoisotopic (exact) mass is 344 g/mol. The molecule has 0 atom stereocenters. The second-order valence-electron chi connectivity index (χ2n) is 6.36. The van der Waals surface area contributed by atoms with Crippen molar-refractivity contribution in [1.29, 1.82) is 0 Å². The van der Waals surface area contributed by atoms with Gasteiger partial charge in [0.15, 0.2) is 11.6 Å². The number of rotatable bonds is 6. The van der Waals surface area contributed by atoms with Crippen molar-refractivity contribution in [2.45, 2.75) is 46.0 Å². The molecule has 3 aromatic rings. The molecule has 0 fully saturated rings. The van der Waals surface area contributed by atoms with E-state index in [-0.39, 0.29) is 0 Å². The fourth-order valence-corrected chi connectivity index (χ4v) is 4.06. The second-order valence-corrected chi connectivity index (χ2v) is 7.41. The lowest BCUT2D eigenvalue weighted by atomic mass is 10.0. The standard InChI is InChI=1S/C21H22F2S/c1-3-4-5-6-7-15-8-10-16(11-9-15)18-13-17-12-14(2)19(22)20(23)21(17)24-18/h8-13H,3-7H2,1-2H3. The lowest BCUT2D eigenvalue weighted by molar-refractivity contribution is 0.512. The Morgan fingerprint density at radius 2 is 1.67 bits per heavy atom. The summed E-state index contributed by atoms with van der Waals surface area (Å²) in [7, 11) is 0. The molecule has 24 heavy (non-hydrogen) atoms. The number of hydrogen-bond acceptors (Lipinski definition) is 1. The molecule has 0 unspecified atom stereocenters. The van der Waals surface area contributed by atoms with E-state index in [2.05, 4.69) is 31.2 Å². The minimum Gasteiger partial charge on any atom is -0.203 e. The summed E-state index contributed by atoms with van der Waals surface area (Å²) < 4.78 is 28.2. The molecule has 0 N–H and O–H groups in total. The fourth-order valence-electron chi connectivity index (χ4n) is 2.99. The fraction of sp³-hybridized carbons (Fsp3) is 0.333. The van der Waals surface area contributed by atoms with Crippen molar-refractivity contribution in [2.24, 2.45) is 0 Å². The number of aryl methyl sites for hydroxylation is 2. The van der Waals surface area contributed by atoms with E-state index in [0.29, 0.717) is 10.3 Å². The smallest absolute Gasteiger partial charge is 0.176 e. The van der Waals surface area contributed by atoms with E-state index in [1.807, 2.05) is 6.07 Å². The third kappa shape index (κ3) is 3.51. The first kappa shape index (κ1) is 17.1. The number of benzene rings is 2. The van der Waals surface area contributed by atoms with Crippen molar-refractivity contribution in [3.05, 3.63) is 59.2 Å². The second kappa shape index (κ2) is 7.43. The van der Waals surface area contributed by atoms with Crippen LogP contribution in [0.3, 0.4) is 0 Å². The van der Waals surface area contributed by atoms with Gasteiger partial charge in [-0.05, 0) is 54.0 Å². The van der Waals surface area contributed by atoms with Crippen molar-refractivity contribution < 1.29 is 8.78 Å². The van der Waals surface area contributed by atoms with Gasteiger partial charge in [0, 0.05) is 4.88 Å². The summed E-state index contributed by atoms with van der Waals surface area (Å²) in [5, 5.41) is 0.773. The molecule has 1 aromatic heterocycles. The van der Waals surface area contributed by atoms with Crippen molar-refractivity contribution in [3.8, 4) is 10.4 Å².